The minimum atomic E-state index is -0.514. The molecule has 1 unspecified atom stereocenters. The van der Waals surface area contributed by atoms with Crippen LogP contribution in [0.3, 0.4) is 0 Å². The highest BCUT2D eigenvalue weighted by molar-refractivity contribution is 9.10. The van der Waals surface area contributed by atoms with Gasteiger partial charge in [-0.05, 0) is 29.8 Å². The van der Waals surface area contributed by atoms with Gasteiger partial charge in [-0.3, -0.25) is 4.79 Å². The summed E-state index contributed by atoms with van der Waals surface area (Å²) in [7, 11) is 0. The number of aromatic nitrogens is 6. The Morgan fingerprint density at radius 2 is 2.15 bits per heavy atom. The lowest BCUT2D eigenvalue weighted by Crippen LogP contribution is -2.42. The summed E-state index contributed by atoms with van der Waals surface area (Å²) >= 11 is 3.33. The minimum absolute atomic E-state index is 0.160. The van der Waals surface area contributed by atoms with Crippen LogP contribution in [0.15, 0.2) is 22.9 Å². The molecule has 0 radical (unpaired) electrons. The predicted octanol–water partition coefficient (Wildman–Crippen LogP) is 1.48. The molecule has 4 heterocycles. The van der Waals surface area contributed by atoms with Crippen LogP contribution in [0.1, 0.15) is 46.8 Å². The van der Waals surface area contributed by atoms with Crippen LogP contribution in [-0.2, 0) is 11.3 Å². The summed E-state index contributed by atoms with van der Waals surface area (Å²) in [5.41, 5.74) is 0.880. The first-order valence-electron chi connectivity index (χ1n) is 8.41. The van der Waals surface area contributed by atoms with Crippen LogP contribution in [0, 0.1) is 0 Å². The predicted molar refractivity (Wildman–Crippen MR) is 96.1 cm³/mol. The standard InChI is InChI=1S/C16H16BrN7O3/c1-3-27-16(26)14-20-19-13-9(2)22(4-5-23(13)14)15(25)11-6-12-18-7-10(17)8-24(12)21-11/h6-9H,3-5H2,1-2H3. The van der Waals surface area contributed by atoms with Crippen LogP contribution >= 0.6 is 15.9 Å². The van der Waals surface area contributed by atoms with E-state index >= 15 is 0 Å². The maximum atomic E-state index is 13.0. The maximum absolute atomic E-state index is 13.0. The van der Waals surface area contributed by atoms with E-state index in [0.717, 1.165) is 4.47 Å². The first-order chi connectivity index (χ1) is 13.0. The van der Waals surface area contributed by atoms with E-state index in [4.69, 9.17) is 4.74 Å². The molecule has 0 aromatic carbocycles. The Morgan fingerprint density at radius 1 is 1.33 bits per heavy atom. The summed E-state index contributed by atoms with van der Waals surface area (Å²) in [5, 5.41) is 12.4. The topological polar surface area (TPSA) is 108 Å². The van der Waals surface area contributed by atoms with Crippen molar-refractivity contribution < 1.29 is 14.3 Å². The molecule has 0 saturated heterocycles. The van der Waals surface area contributed by atoms with Gasteiger partial charge in [-0.2, -0.15) is 5.10 Å². The van der Waals surface area contributed by atoms with Crippen LogP contribution in [0.2, 0.25) is 0 Å². The van der Waals surface area contributed by atoms with Gasteiger partial charge in [-0.25, -0.2) is 14.3 Å². The van der Waals surface area contributed by atoms with E-state index in [1.807, 2.05) is 6.92 Å². The number of rotatable bonds is 3. The molecule has 3 aromatic rings. The summed E-state index contributed by atoms with van der Waals surface area (Å²) in [6, 6.07) is 1.29. The molecule has 4 rings (SSSR count). The van der Waals surface area contributed by atoms with Crippen molar-refractivity contribution in [2.75, 3.05) is 13.2 Å². The number of halogens is 1. The van der Waals surface area contributed by atoms with Crippen molar-refractivity contribution in [3.8, 4) is 0 Å². The minimum Gasteiger partial charge on any atom is -0.460 e. The molecule has 11 heteroatoms. The maximum Gasteiger partial charge on any atom is 0.376 e. The first-order valence-corrected chi connectivity index (χ1v) is 9.21. The van der Waals surface area contributed by atoms with Crippen LogP contribution in [-0.4, -0.2) is 59.3 Å². The highest BCUT2D eigenvalue weighted by atomic mass is 79.9. The number of nitrogens with zero attached hydrogens (tertiary/aromatic N) is 7. The van der Waals surface area contributed by atoms with Crippen LogP contribution in [0.25, 0.3) is 5.65 Å². The van der Waals surface area contributed by atoms with Gasteiger partial charge in [0.15, 0.2) is 17.2 Å². The van der Waals surface area contributed by atoms with E-state index in [1.54, 1.807) is 39.4 Å². The third kappa shape index (κ3) is 2.97. The lowest BCUT2D eigenvalue weighted by atomic mass is 10.2. The Bertz CT molecular complexity index is 1040. The van der Waals surface area contributed by atoms with Gasteiger partial charge in [0.05, 0.1) is 17.1 Å². The van der Waals surface area contributed by atoms with Gasteiger partial charge < -0.3 is 14.2 Å². The van der Waals surface area contributed by atoms with Gasteiger partial charge in [0.2, 0.25) is 5.82 Å². The SMILES string of the molecule is CCOC(=O)c1nnc2n1CCN(C(=O)c1cc3ncc(Br)cn3n1)C2C. The quantitative estimate of drug-likeness (QED) is 0.575. The molecule has 1 aliphatic rings. The van der Waals surface area contributed by atoms with E-state index in [0.29, 0.717) is 30.3 Å². The summed E-state index contributed by atoms with van der Waals surface area (Å²) < 4.78 is 9.03. The van der Waals surface area contributed by atoms with Crippen molar-refractivity contribution in [2.24, 2.45) is 0 Å². The summed E-state index contributed by atoms with van der Waals surface area (Å²) in [4.78, 5) is 30.9. The summed E-state index contributed by atoms with van der Waals surface area (Å²) in [5.74, 6) is -0.0360. The molecule has 1 atom stereocenters. The Morgan fingerprint density at radius 3 is 2.93 bits per heavy atom. The van der Waals surface area contributed by atoms with E-state index in [9.17, 15) is 9.59 Å². The molecule has 10 nitrogen and oxygen atoms in total. The molecular formula is C16H16BrN7O3. The second-order valence-corrected chi connectivity index (χ2v) is 6.95. The number of fused-ring (bicyclic) bond motifs is 2. The third-order valence-corrected chi connectivity index (χ3v) is 4.81. The van der Waals surface area contributed by atoms with Crippen molar-refractivity contribution in [3.05, 3.63) is 40.3 Å². The molecule has 3 aromatic heterocycles. The average molecular weight is 434 g/mol. The summed E-state index contributed by atoms with van der Waals surface area (Å²) in [6.45, 7) is 4.65. The highest BCUT2D eigenvalue weighted by Crippen LogP contribution is 2.26. The molecule has 0 aliphatic carbocycles. The largest absolute Gasteiger partial charge is 0.460 e. The molecule has 0 bridgehead atoms. The van der Waals surface area contributed by atoms with E-state index < -0.39 is 5.97 Å². The molecule has 1 amide bonds. The first kappa shape index (κ1) is 17.6. The van der Waals surface area contributed by atoms with Gasteiger partial charge in [0.1, 0.15) is 0 Å². The second kappa shape index (κ2) is 6.72. The number of hydrogen-bond acceptors (Lipinski definition) is 7. The Kier molecular flexibility index (Phi) is 4.38. The normalized spacial score (nSPS) is 16.4. The molecule has 140 valence electrons. The van der Waals surface area contributed by atoms with Crippen molar-refractivity contribution in [1.82, 2.24) is 34.3 Å². The Hall–Kier alpha value is -2.82. The zero-order valence-electron chi connectivity index (χ0n) is 14.7. The number of ether oxygens (including phenoxy) is 1. The number of esters is 1. The number of hydrogen-bond donors (Lipinski definition) is 0. The van der Waals surface area contributed by atoms with Crippen LogP contribution in [0.5, 0.6) is 0 Å². The van der Waals surface area contributed by atoms with Crippen LogP contribution in [0.4, 0.5) is 0 Å². The van der Waals surface area contributed by atoms with Gasteiger partial charge in [0, 0.05) is 31.5 Å². The smallest absolute Gasteiger partial charge is 0.376 e. The Labute approximate surface area is 162 Å². The summed E-state index contributed by atoms with van der Waals surface area (Å²) in [6.07, 6.45) is 3.38. The second-order valence-electron chi connectivity index (χ2n) is 6.03. The van der Waals surface area contributed by atoms with Gasteiger partial charge in [-0.1, -0.05) is 0 Å². The fourth-order valence-electron chi connectivity index (χ4n) is 3.12. The number of amides is 1. The molecular weight excluding hydrogens is 418 g/mol. The zero-order chi connectivity index (χ0) is 19.1. The van der Waals surface area contributed by atoms with E-state index in [-0.39, 0.29) is 24.4 Å². The van der Waals surface area contributed by atoms with Crippen molar-refractivity contribution in [3.63, 3.8) is 0 Å². The molecule has 0 fully saturated rings. The average Bonchev–Trinajstić information content (AvgIpc) is 3.25. The molecule has 1 aliphatic heterocycles. The fourth-order valence-corrected chi connectivity index (χ4v) is 3.41. The van der Waals surface area contributed by atoms with E-state index in [1.165, 1.54) is 0 Å². The lowest BCUT2D eigenvalue weighted by molar-refractivity contribution is 0.0498. The molecule has 0 saturated carbocycles. The van der Waals surface area contributed by atoms with E-state index in [2.05, 4.69) is 36.2 Å². The fraction of sp³-hybridized carbons (Fsp3) is 0.375. The Balaban J connectivity index is 1.62. The van der Waals surface area contributed by atoms with Crippen LogP contribution < -0.4 is 0 Å². The zero-order valence-corrected chi connectivity index (χ0v) is 16.2. The third-order valence-electron chi connectivity index (χ3n) is 4.40. The molecule has 0 spiro atoms. The van der Waals surface area contributed by atoms with Gasteiger partial charge >= 0.3 is 5.97 Å². The molecule has 0 N–H and O–H groups in total. The number of carbonyl (C=O) groups is 2. The van der Waals surface area contributed by atoms with Gasteiger partial charge in [0.25, 0.3) is 5.91 Å². The van der Waals surface area contributed by atoms with Crippen molar-refractivity contribution >= 4 is 33.5 Å². The van der Waals surface area contributed by atoms with Crippen molar-refractivity contribution in [2.45, 2.75) is 26.4 Å². The lowest BCUT2D eigenvalue weighted by Gasteiger charge is -2.33. The highest BCUT2D eigenvalue weighted by Gasteiger charge is 2.34. The van der Waals surface area contributed by atoms with Crippen molar-refractivity contribution in [1.29, 1.82) is 0 Å². The molecule has 27 heavy (non-hydrogen) atoms. The monoisotopic (exact) mass is 433 g/mol. The number of carbonyl (C=O) groups excluding carboxylic acids is 2. The van der Waals surface area contributed by atoms with Gasteiger partial charge in [-0.15, -0.1) is 10.2 Å².